The summed E-state index contributed by atoms with van der Waals surface area (Å²) >= 11 is 7.57. The largest absolute Gasteiger partial charge is 0.316 e. The molecule has 1 aliphatic carbocycles. The number of fused-ring (bicyclic) bond motifs is 1. The maximum absolute atomic E-state index is 5.70. The van der Waals surface area contributed by atoms with E-state index in [9.17, 15) is 0 Å². The summed E-state index contributed by atoms with van der Waals surface area (Å²) in [6, 6.07) is 9.07. The van der Waals surface area contributed by atoms with E-state index in [1.165, 1.54) is 41.9 Å². The first-order valence-corrected chi connectivity index (χ1v) is 10.8. The van der Waals surface area contributed by atoms with E-state index < -0.39 is 0 Å². The van der Waals surface area contributed by atoms with Crippen LogP contribution in [0.15, 0.2) is 24.3 Å². The van der Waals surface area contributed by atoms with Crippen LogP contribution in [0.2, 0.25) is 0 Å². The first-order valence-electron chi connectivity index (χ1n) is 9.54. The monoisotopic (exact) mass is 386 g/mol. The summed E-state index contributed by atoms with van der Waals surface area (Å²) in [5.41, 5.74) is 1.14. The fraction of sp³-hybridized carbons (Fsp3) is 0.526. The minimum absolute atomic E-state index is 0.553. The first-order chi connectivity index (χ1) is 12.7. The third-order valence-electron chi connectivity index (χ3n) is 5.60. The zero-order valence-corrected chi connectivity index (χ0v) is 16.7. The van der Waals surface area contributed by atoms with Crippen molar-refractivity contribution in [3.63, 3.8) is 0 Å². The van der Waals surface area contributed by atoms with Crippen LogP contribution >= 0.6 is 23.6 Å². The first kappa shape index (κ1) is 16.6. The number of hydrogen-bond donors (Lipinski definition) is 1. The Morgan fingerprint density at radius 2 is 2.12 bits per heavy atom. The molecule has 5 rings (SSSR count). The Morgan fingerprint density at radius 3 is 2.92 bits per heavy atom. The zero-order chi connectivity index (χ0) is 17.7. The molecule has 26 heavy (non-hydrogen) atoms. The molecule has 2 aromatic heterocycles. The van der Waals surface area contributed by atoms with Gasteiger partial charge in [0.25, 0.3) is 0 Å². The highest BCUT2D eigenvalue weighted by atomic mass is 32.1. The van der Waals surface area contributed by atoms with Crippen LogP contribution in [0.5, 0.6) is 0 Å². The molecular weight excluding hydrogens is 362 g/mol. The second kappa shape index (κ2) is 6.55. The molecule has 136 valence electrons. The van der Waals surface area contributed by atoms with Gasteiger partial charge in [-0.1, -0.05) is 12.1 Å². The number of quaternary nitrogens is 1. The van der Waals surface area contributed by atoms with E-state index in [-0.39, 0.29) is 0 Å². The Kier molecular flexibility index (Phi) is 4.18. The predicted octanol–water partition coefficient (Wildman–Crippen LogP) is 3.09. The number of benzene rings is 1. The number of nitrogens with zero attached hydrogens (tertiary/aromatic N) is 4. The van der Waals surface area contributed by atoms with Crippen molar-refractivity contribution in [3.8, 4) is 0 Å². The smallest absolute Gasteiger partial charge is 0.203 e. The summed E-state index contributed by atoms with van der Waals surface area (Å²) in [5, 5.41) is 6.04. The van der Waals surface area contributed by atoms with Crippen LogP contribution in [0.4, 0.5) is 0 Å². The van der Waals surface area contributed by atoms with E-state index in [1.807, 2.05) is 11.3 Å². The molecule has 1 aromatic carbocycles. The quantitative estimate of drug-likeness (QED) is 0.701. The summed E-state index contributed by atoms with van der Waals surface area (Å²) in [7, 11) is 0. The summed E-state index contributed by atoms with van der Waals surface area (Å²) in [6.07, 6.45) is 4.98. The SMILES string of the molecule is Cc1nn(C[NH+]2CCC[C@H](c3nc4ccccc4s3)C2)c(=S)n1C1CC1. The van der Waals surface area contributed by atoms with E-state index in [4.69, 9.17) is 22.3 Å². The van der Waals surface area contributed by atoms with Crippen LogP contribution in [0.1, 0.15) is 48.5 Å². The summed E-state index contributed by atoms with van der Waals surface area (Å²) in [6.45, 7) is 5.27. The molecule has 5 nitrogen and oxygen atoms in total. The van der Waals surface area contributed by atoms with Crippen LogP contribution < -0.4 is 4.90 Å². The minimum Gasteiger partial charge on any atom is -0.316 e. The Labute approximate surface area is 162 Å². The Morgan fingerprint density at radius 1 is 1.27 bits per heavy atom. The van der Waals surface area contributed by atoms with Crippen LogP contribution in [0, 0.1) is 11.7 Å². The van der Waals surface area contributed by atoms with Gasteiger partial charge in [-0.2, -0.15) is 9.78 Å². The highest BCUT2D eigenvalue weighted by molar-refractivity contribution is 7.71. The van der Waals surface area contributed by atoms with Gasteiger partial charge in [0.15, 0.2) is 6.67 Å². The van der Waals surface area contributed by atoms with E-state index in [0.29, 0.717) is 12.0 Å². The molecular formula is C19H24N5S2+. The van der Waals surface area contributed by atoms with Crippen molar-refractivity contribution in [1.29, 1.82) is 0 Å². The normalized spacial score (nSPS) is 23.6. The van der Waals surface area contributed by atoms with Gasteiger partial charge in [0.05, 0.1) is 29.2 Å². The summed E-state index contributed by atoms with van der Waals surface area (Å²) in [5.74, 6) is 1.62. The lowest BCUT2D eigenvalue weighted by Crippen LogP contribution is -3.12. The lowest BCUT2D eigenvalue weighted by Gasteiger charge is -2.28. The number of rotatable bonds is 4. The molecule has 7 heteroatoms. The van der Waals surface area contributed by atoms with Crippen LogP contribution in [-0.4, -0.2) is 32.4 Å². The number of likely N-dealkylation sites (tertiary alicyclic amines) is 1. The lowest BCUT2D eigenvalue weighted by molar-refractivity contribution is -0.929. The molecule has 3 aromatic rings. The molecule has 1 saturated carbocycles. The van der Waals surface area contributed by atoms with Crippen molar-refractivity contribution < 1.29 is 4.90 Å². The average molecular weight is 387 g/mol. The van der Waals surface area contributed by atoms with Gasteiger partial charge in [-0.3, -0.25) is 0 Å². The number of thiazole rings is 1. The van der Waals surface area contributed by atoms with Gasteiger partial charge >= 0.3 is 0 Å². The number of hydrogen-bond acceptors (Lipinski definition) is 4. The van der Waals surface area contributed by atoms with E-state index in [2.05, 4.69) is 40.4 Å². The van der Waals surface area contributed by atoms with Gasteiger partial charge < -0.3 is 9.47 Å². The second-order valence-electron chi connectivity index (χ2n) is 7.65. The van der Waals surface area contributed by atoms with Crippen molar-refractivity contribution in [2.75, 3.05) is 13.1 Å². The van der Waals surface area contributed by atoms with Crippen LogP contribution in [0.3, 0.4) is 0 Å². The molecule has 2 fully saturated rings. The molecule has 1 N–H and O–H groups in total. The molecule has 0 amide bonds. The van der Waals surface area contributed by atoms with E-state index >= 15 is 0 Å². The Hall–Kier alpha value is -1.57. The maximum Gasteiger partial charge on any atom is 0.203 e. The number of nitrogens with one attached hydrogen (secondary N) is 1. The van der Waals surface area contributed by atoms with E-state index in [1.54, 1.807) is 4.90 Å². The Bertz CT molecular complexity index is 964. The minimum atomic E-state index is 0.553. The zero-order valence-electron chi connectivity index (χ0n) is 15.0. The second-order valence-corrected chi connectivity index (χ2v) is 9.08. The summed E-state index contributed by atoms with van der Waals surface area (Å²) in [4.78, 5) is 6.47. The highest BCUT2D eigenvalue weighted by Gasteiger charge is 2.30. The topological polar surface area (TPSA) is 40.1 Å². The van der Waals surface area contributed by atoms with Crippen molar-refractivity contribution in [1.82, 2.24) is 19.3 Å². The number of aryl methyl sites for hydroxylation is 1. The summed E-state index contributed by atoms with van der Waals surface area (Å²) < 4.78 is 6.51. The van der Waals surface area contributed by atoms with Crippen molar-refractivity contribution in [3.05, 3.63) is 39.9 Å². The van der Waals surface area contributed by atoms with Gasteiger partial charge in [-0.05, 0) is 57.0 Å². The van der Waals surface area contributed by atoms with Crippen molar-refractivity contribution >= 4 is 33.8 Å². The molecule has 1 saturated heterocycles. The molecule has 0 radical (unpaired) electrons. The predicted molar refractivity (Wildman–Crippen MR) is 106 cm³/mol. The maximum atomic E-state index is 5.70. The number of aromatic nitrogens is 4. The highest BCUT2D eigenvalue weighted by Crippen LogP contribution is 2.36. The molecule has 1 aliphatic heterocycles. The van der Waals surface area contributed by atoms with Crippen LogP contribution in [-0.2, 0) is 6.67 Å². The number of piperidine rings is 1. The number of para-hydroxylation sites is 1. The average Bonchev–Trinajstić information content (AvgIpc) is 3.31. The fourth-order valence-electron chi connectivity index (χ4n) is 4.17. The molecule has 0 bridgehead atoms. The lowest BCUT2D eigenvalue weighted by atomic mass is 9.99. The van der Waals surface area contributed by atoms with Crippen molar-refractivity contribution in [2.45, 2.75) is 51.2 Å². The van der Waals surface area contributed by atoms with Gasteiger partial charge in [-0.25, -0.2) is 4.98 Å². The molecule has 2 aliphatic rings. The van der Waals surface area contributed by atoms with Gasteiger partial charge in [0.1, 0.15) is 10.8 Å². The molecule has 2 atom stereocenters. The van der Waals surface area contributed by atoms with E-state index in [0.717, 1.165) is 29.3 Å². The fourth-order valence-corrected chi connectivity index (χ4v) is 5.66. The van der Waals surface area contributed by atoms with Crippen LogP contribution in [0.25, 0.3) is 10.2 Å². The third kappa shape index (κ3) is 3.02. The van der Waals surface area contributed by atoms with Gasteiger partial charge in [0.2, 0.25) is 4.77 Å². The van der Waals surface area contributed by atoms with Gasteiger partial charge in [-0.15, -0.1) is 11.3 Å². The third-order valence-corrected chi connectivity index (χ3v) is 7.21. The molecule has 0 spiro atoms. The molecule has 3 heterocycles. The Balaban J connectivity index is 1.34. The van der Waals surface area contributed by atoms with Crippen molar-refractivity contribution in [2.24, 2.45) is 0 Å². The van der Waals surface area contributed by atoms with Gasteiger partial charge in [0, 0.05) is 6.04 Å². The molecule has 1 unspecified atom stereocenters. The standard InChI is InChI=1S/C19H23N5S2/c1-13-21-23(19(25)24(13)15-8-9-15)12-22-10-4-5-14(11-22)18-20-16-6-2-3-7-17(16)26-18/h2-3,6-7,14-15H,4-5,8-12H2,1H3/p+1/t14-/m0/s1.